The molecule has 9 heteroatoms. The summed E-state index contributed by atoms with van der Waals surface area (Å²) < 4.78 is 5.39. The summed E-state index contributed by atoms with van der Waals surface area (Å²) in [7, 11) is 1.52. The maximum atomic E-state index is 11.9. The molecule has 0 unspecified atom stereocenters. The number of amides is 1. The van der Waals surface area contributed by atoms with Crippen molar-refractivity contribution in [1.82, 2.24) is 5.43 Å². The van der Waals surface area contributed by atoms with Crippen LogP contribution in [0.15, 0.2) is 46.0 Å². The summed E-state index contributed by atoms with van der Waals surface area (Å²) in [6, 6.07) is 8.98. The van der Waals surface area contributed by atoms with Crippen molar-refractivity contribution >= 4 is 33.7 Å². The molecule has 0 aromatic heterocycles. The van der Waals surface area contributed by atoms with Crippen LogP contribution < -0.4 is 10.2 Å². The summed E-state index contributed by atoms with van der Waals surface area (Å²) in [4.78, 5) is 22.0. The third kappa shape index (κ3) is 4.07. The van der Waals surface area contributed by atoms with Crippen molar-refractivity contribution in [1.29, 1.82) is 0 Å². The highest BCUT2D eigenvalue weighted by molar-refractivity contribution is 9.10. The Hall–Kier alpha value is -2.94. The van der Waals surface area contributed by atoms with Crippen LogP contribution >= 0.6 is 15.9 Å². The van der Waals surface area contributed by atoms with Crippen LogP contribution in [0.4, 0.5) is 5.69 Å². The fourth-order valence-corrected chi connectivity index (χ4v) is 2.27. The van der Waals surface area contributed by atoms with Crippen molar-refractivity contribution in [3.63, 3.8) is 0 Å². The lowest BCUT2D eigenvalue weighted by Gasteiger charge is -2.03. The van der Waals surface area contributed by atoms with Crippen LogP contribution in [-0.2, 0) is 0 Å². The van der Waals surface area contributed by atoms with Gasteiger partial charge >= 0.3 is 5.69 Å². The van der Waals surface area contributed by atoms with E-state index in [9.17, 15) is 20.0 Å². The Morgan fingerprint density at radius 2 is 2.04 bits per heavy atom. The van der Waals surface area contributed by atoms with E-state index in [0.717, 1.165) is 6.21 Å². The van der Waals surface area contributed by atoms with Gasteiger partial charge in [-0.15, -0.1) is 0 Å². The van der Waals surface area contributed by atoms with Crippen molar-refractivity contribution in [2.24, 2.45) is 5.10 Å². The predicted molar refractivity (Wildman–Crippen MR) is 90.5 cm³/mol. The second kappa shape index (κ2) is 7.55. The lowest BCUT2D eigenvalue weighted by Crippen LogP contribution is -2.17. The average Bonchev–Trinajstić information content (AvgIpc) is 2.57. The quantitative estimate of drug-likeness (QED) is 0.460. The number of nitro groups is 1. The zero-order valence-corrected chi connectivity index (χ0v) is 14.0. The largest absolute Gasteiger partial charge is 0.502 e. The highest BCUT2D eigenvalue weighted by Gasteiger charge is 2.17. The second-order valence-electron chi connectivity index (χ2n) is 4.55. The van der Waals surface area contributed by atoms with E-state index in [0.29, 0.717) is 15.8 Å². The van der Waals surface area contributed by atoms with Gasteiger partial charge in [-0.3, -0.25) is 14.9 Å². The summed E-state index contributed by atoms with van der Waals surface area (Å²) in [5, 5.41) is 24.4. The van der Waals surface area contributed by atoms with E-state index in [-0.39, 0.29) is 5.56 Å². The summed E-state index contributed by atoms with van der Waals surface area (Å²) >= 11 is 3.11. The van der Waals surface area contributed by atoms with E-state index in [1.54, 1.807) is 24.3 Å². The van der Waals surface area contributed by atoms with Crippen LogP contribution in [0.3, 0.4) is 0 Å². The van der Waals surface area contributed by atoms with Gasteiger partial charge in [-0.25, -0.2) is 5.43 Å². The van der Waals surface area contributed by atoms with Crippen molar-refractivity contribution in [2.75, 3.05) is 7.11 Å². The minimum Gasteiger partial charge on any atom is -0.502 e. The number of hydrazone groups is 1. The van der Waals surface area contributed by atoms with Gasteiger partial charge in [0.2, 0.25) is 5.75 Å². The van der Waals surface area contributed by atoms with Gasteiger partial charge in [0.25, 0.3) is 5.91 Å². The zero-order chi connectivity index (χ0) is 17.7. The predicted octanol–water partition coefficient (Wildman–Crippen LogP) is 2.84. The van der Waals surface area contributed by atoms with Gasteiger partial charge in [-0.2, -0.15) is 5.10 Å². The van der Waals surface area contributed by atoms with Crippen molar-refractivity contribution < 1.29 is 19.6 Å². The highest BCUT2D eigenvalue weighted by atomic mass is 79.9. The number of nitrogens with zero attached hydrogens (tertiary/aromatic N) is 2. The Morgan fingerprint density at radius 1 is 1.38 bits per heavy atom. The van der Waals surface area contributed by atoms with E-state index in [1.807, 2.05) is 0 Å². The molecule has 1 amide bonds. The summed E-state index contributed by atoms with van der Waals surface area (Å²) in [5.41, 5.74) is 2.26. The highest BCUT2D eigenvalue weighted by Crippen LogP contribution is 2.32. The number of nitrogens with one attached hydrogen (secondary N) is 1. The van der Waals surface area contributed by atoms with Gasteiger partial charge in [0.15, 0.2) is 0 Å². The van der Waals surface area contributed by atoms with Crippen molar-refractivity contribution in [2.45, 2.75) is 0 Å². The van der Waals surface area contributed by atoms with Crippen molar-refractivity contribution in [3.8, 4) is 11.5 Å². The minimum absolute atomic E-state index is 0.0890. The van der Waals surface area contributed by atoms with Crippen molar-refractivity contribution in [3.05, 3.63) is 62.1 Å². The number of carbonyl (C=O) groups is 1. The van der Waals surface area contributed by atoms with Crippen LogP contribution in [0, 0.1) is 10.1 Å². The first-order valence-corrected chi connectivity index (χ1v) is 7.36. The molecular formula is C15H12BrN3O5. The second-order valence-corrected chi connectivity index (χ2v) is 5.46. The number of benzene rings is 2. The van der Waals surface area contributed by atoms with E-state index < -0.39 is 22.3 Å². The molecule has 2 aromatic carbocycles. The summed E-state index contributed by atoms with van der Waals surface area (Å²) in [6.45, 7) is 0. The lowest BCUT2D eigenvalue weighted by molar-refractivity contribution is -0.385. The summed E-state index contributed by atoms with van der Waals surface area (Å²) in [5.74, 6) is -0.398. The maximum Gasteiger partial charge on any atom is 0.312 e. The normalized spacial score (nSPS) is 10.6. The maximum absolute atomic E-state index is 11.9. The average molecular weight is 394 g/mol. The number of halogens is 1. The number of hydrogen-bond donors (Lipinski definition) is 2. The monoisotopic (exact) mass is 393 g/mol. The molecule has 24 heavy (non-hydrogen) atoms. The molecule has 0 aliphatic carbocycles. The molecule has 124 valence electrons. The Bertz CT molecular complexity index is 806. The zero-order valence-electron chi connectivity index (χ0n) is 12.4. The van der Waals surface area contributed by atoms with Gasteiger partial charge in [0.1, 0.15) is 5.75 Å². The topological polar surface area (TPSA) is 114 Å². The van der Waals surface area contributed by atoms with Crippen LogP contribution in [0.2, 0.25) is 0 Å². The number of aromatic hydroxyl groups is 1. The third-order valence-corrected chi connectivity index (χ3v) is 3.46. The van der Waals surface area contributed by atoms with E-state index in [2.05, 4.69) is 26.5 Å². The van der Waals surface area contributed by atoms with Gasteiger partial charge in [0.05, 0.1) is 18.2 Å². The first kappa shape index (κ1) is 17.4. The van der Waals surface area contributed by atoms with E-state index >= 15 is 0 Å². The Morgan fingerprint density at radius 3 is 2.62 bits per heavy atom. The lowest BCUT2D eigenvalue weighted by atomic mass is 10.2. The van der Waals surface area contributed by atoms with Crippen LogP contribution in [-0.4, -0.2) is 29.3 Å². The molecule has 2 rings (SSSR count). The molecule has 0 aliphatic heterocycles. The number of ether oxygens (including phenoxy) is 1. The third-order valence-electron chi connectivity index (χ3n) is 3.00. The number of rotatable bonds is 5. The number of phenols is 1. The molecule has 0 heterocycles. The number of nitro benzene ring substituents is 1. The molecule has 0 fully saturated rings. The van der Waals surface area contributed by atoms with Gasteiger partial charge in [-0.1, -0.05) is 15.9 Å². The van der Waals surface area contributed by atoms with Gasteiger partial charge in [-0.05, 0) is 30.3 Å². The Kier molecular flexibility index (Phi) is 5.48. The number of carbonyl (C=O) groups excluding carboxylic acids is 1. The van der Waals surface area contributed by atoms with Gasteiger partial charge in [0, 0.05) is 21.7 Å². The van der Waals surface area contributed by atoms with Crippen LogP contribution in [0.5, 0.6) is 11.5 Å². The molecule has 0 atom stereocenters. The first-order valence-electron chi connectivity index (χ1n) is 6.56. The molecule has 2 N–H and O–H groups in total. The SMILES string of the molecule is COc1ccc(C(=O)NN=Cc2cc(Br)cc([N+](=O)[O-])c2O)cc1. The van der Waals surface area contributed by atoms with E-state index in [4.69, 9.17) is 4.74 Å². The first-order chi connectivity index (χ1) is 11.4. The molecule has 0 spiro atoms. The molecule has 0 aliphatic rings. The van der Waals surface area contributed by atoms with Crippen LogP contribution in [0.1, 0.15) is 15.9 Å². The molecular weight excluding hydrogens is 382 g/mol. The smallest absolute Gasteiger partial charge is 0.312 e. The van der Waals surface area contributed by atoms with Crippen LogP contribution in [0.25, 0.3) is 0 Å². The number of methoxy groups -OCH3 is 1. The number of phenolic OH excluding ortho intramolecular Hbond substituents is 1. The Labute approximate surface area is 145 Å². The fourth-order valence-electron chi connectivity index (χ4n) is 1.81. The van der Waals surface area contributed by atoms with E-state index in [1.165, 1.54) is 19.2 Å². The molecule has 0 radical (unpaired) electrons. The summed E-state index contributed by atoms with van der Waals surface area (Å²) in [6.07, 6.45) is 1.12. The molecule has 0 bridgehead atoms. The Balaban J connectivity index is 2.13. The number of hydrogen-bond acceptors (Lipinski definition) is 6. The molecule has 2 aromatic rings. The molecule has 8 nitrogen and oxygen atoms in total. The fraction of sp³-hybridized carbons (Fsp3) is 0.0667. The molecule has 0 saturated carbocycles. The minimum atomic E-state index is -0.715. The van der Waals surface area contributed by atoms with Gasteiger partial charge < -0.3 is 9.84 Å². The molecule has 0 saturated heterocycles. The standard InChI is InChI=1S/C15H12BrN3O5/c1-24-12-4-2-9(3-5-12)15(21)18-17-8-10-6-11(16)7-13(14(10)20)19(22)23/h2-8,20H,1H3,(H,18,21).